The molecular formula is C12H13ClN4O3S2. The summed E-state index contributed by atoms with van der Waals surface area (Å²) in [6.07, 6.45) is 1.10. The highest BCUT2D eigenvalue weighted by Gasteiger charge is 2.21. The molecule has 0 aromatic carbocycles. The Morgan fingerprint density at radius 2 is 2.05 bits per heavy atom. The summed E-state index contributed by atoms with van der Waals surface area (Å²) >= 11 is 7.20. The molecule has 0 fully saturated rings. The van der Waals surface area contributed by atoms with E-state index < -0.39 is 20.9 Å². The average Bonchev–Trinajstić information content (AvgIpc) is 2.77. The number of thiazole rings is 1. The van der Waals surface area contributed by atoms with Crippen molar-refractivity contribution in [3.8, 4) is 0 Å². The van der Waals surface area contributed by atoms with Gasteiger partial charge in [0, 0.05) is 4.88 Å². The van der Waals surface area contributed by atoms with E-state index in [1.807, 2.05) is 13.8 Å². The van der Waals surface area contributed by atoms with E-state index in [1.165, 1.54) is 18.3 Å². The van der Waals surface area contributed by atoms with Crippen LogP contribution in [0, 0.1) is 13.8 Å². The fourth-order valence-electron chi connectivity index (χ4n) is 1.47. The van der Waals surface area contributed by atoms with Gasteiger partial charge in [0.25, 0.3) is 5.91 Å². The Labute approximate surface area is 136 Å². The van der Waals surface area contributed by atoms with Crippen LogP contribution in [0.3, 0.4) is 0 Å². The highest BCUT2D eigenvalue weighted by Crippen LogP contribution is 2.23. The van der Waals surface area contributed by atoms with Gasteiger partial charge in [0.1, 0.15) is 0 Å². The van der Waals surface area contributed by atoms with Crippen molar-refractivity contribution in [2.24, 2.45) is 0 Å². The minimum absolute atomic E-state index is 0.0300. The highest BCUT2D eigenvalue weighted by molar-refractivity contribution is 7.91. The Morgan fingerprint density at radius 3 is 2.59 bits per heavy atom. The zero-order valence-electron chi connectivity index (χ0n) is 12.0. The molecule has 2 aromatic rings. The molecule has 0 spiro atoms. The van der Waals surface area contributed by atoms with E-state index in [1.54, 1.807) is 0 Å². The Bertz CT molecular complexity index is 813. The lowest BCUT2D eigenvalue weighted by molar-refractivity contribution is 0.102. The Balaban J connectivity index is 2.35. The number of carbonyl (C=O) groups excluding carboxylic acids is 1. The number of hydrogen-bond donors (Lipinski definition) is 1. The molecule has 0 saturated carbocycles. The first-order valence-corrected chi connectivity index (χ1v) is 9.10. The second kappa shape index (κ2) is 6.27. The lowest BCUT2D eigenvalue weighted by Gasteiger charge is -2.05. The summed E-state index contributed by atoms with van der Waals surface area (Å²) in [6, 6.07) is 0. The van der Waals surface area contributed by atoms with E-state index in [4.69, 9.17) is 11.6 Å². The van der Waals surface area contributed by atoms with Crippen LogP contribution in [0.4, 0.5) is 5.13 Å². The summed E-state index contributed by atoms with van der Waals surface area (Å²) in [4.78, 5) is 24.8. The van der Waals surface area contributed by atoms with E-state index in [-0.39, 0.29) is 16.5 Å². The molecule has 0 aliphatic heterocycles. The molecule has 0 radical (unpaired) electrons. The van der Waals surface area contributed by atoms with Crippen LogP contribution in [-0.4, -0.2) is 35.0 Å². The number of nitrogens with one attached hydrogen (secondary N) is 1. The third kappa shape index (κ3) is 3.42. The second-order valence-electron chi connectivity index (χ2n) is 4.37. The maximum absolute atomic E-state index is 12.2. The quantitative estimate of drug-likeness (QED) is 0.839. The number of nitrogens with zero attached hydrogens (tertiary/aromatic N) is 3. The summed E-state index contributed by atoms with van der Waals surface area (Å²) in [6.45, 7) is 5.17. The third-order valence-electron chi connectivity index (χ3n) is 2.84. The topological polar surface area (TPSA) is 102 Å². The van der Waals surface area contributed by atoms with Crippen molar-refractivity contribution < 1.29 is 13.2 Å². The number of carbonyl (C=O) groups is 1. The monoisotopic (exact) mass is 360 g/mol. The molecule has 10 heteroatoms. The molecule has 0 unspecified atom stereocenters. The van der Waals surface area contributed by atoms with Gasteiger partial charge in [-0.05, 0) is 13.8 Å². The zero-order chi connectivity index (χ0) is 16.5. The molecule has 0 saturated heterocycles. The van der Waals surface area contributed by atoms with Gasteiger partial charge in [-0.15, -0.1) is 11.3 Å². The van der Waals surface area contributed by atoms with Gasteiger partial charge in [0.05, 0.1) is 22.7 Å². The fourth-order valence-corrected chi connectivity index (χ4v) is 3.16. The van der Waals surface area contributed by atoms with Crippen LogP contribution in [0.25, 0.3) is 0 Å². The number of aryl methyl sites for hydroxylation is 2. The fraction of sp³-hybridized carbons (Fsp3) is 0.333. The van der Waals surface area contributed by atoms with E-state index in [9.17, 15) is 13.2 Å². The molecular weight excluding hydrogens is 348 g/mol. The number of hydrogen-bond acceptors (Lipinski definition) is 7. The zero-order valence-corrected chi connectivity index (χ0v) is 14.4. The summed E-state index contributed by atoms with van der Waals surface area (Å²) in [5.41, 5.74) is 0.609. The SMILES string of the molecule is CCS(=O)(=O)c1ncc(Cl)c(C(=O)Nc2nc(C)c(C)s2)n1. The molecule has 1 N–H and O–H groups in total. The van der Waals surface area contributed by atoms with E-state index in [0.29, 0.717) is 5.13 Å². The van der Waals surface area contributed by atoms with Gasteiger partial charge in [-0.3, -0.25) is 10.1 Å². The van der Waals surface area contributed by atoms with Crippen LogP contribution in [0.5, 0.6) is 0 Å². The number of anilines is 1. The van der Waals surface area contributed by atoms with Crippen LogP contribution >= 0.6 is 22.9 Å². The summed E-state index contributed by atoms with van der Waals surface area (Å²) in [5.74, 6) is -0.797. The van der Waals surface area contributed by atoms with E-state index >= 15 is 0 Å². The molecule has 118 valence electrons. The molecule has 0 atom stereocenters. The molecule has 7 nitrogen and oxygen atoms in total. The minimum Gasteiger partial charge on any atom is -0.296 e. The predicted molar refractivity (Wildman–Crippen MR) is 84.3 cm³/mol. The minimum atomic E-state index is -3.62. The smallest absolute Gasteiger partial charge is 0.277 e. The number of sulfone groups is 1. The van der Waals surface area contributed by atoms with Crippen LogP contribution in [-0.2, 0) is 9.84 Å². The van der Waals surface area contributed by atoms with Gasteiger partial charge < -0.3 is 0 Å². The molecule has 0 aliphatic carbocycles. The predicted octanol–water partition coefficient (Wildman–Crippen LogP) is 2.25. The van der Waals surface area contributed by atoms with Crippen molar-refractivity contribution >= 4 is 43.8 Å². The largest absolute Gasteiger partial charge is 0.296 e. The molecule has 0 bridgehead atoms. The number of rotatable bonds is 4. The van der Waals surface area contributed by atoms with Crippen molar-refractivity contribution in [1.82, 2.24) is 15.0 Å². The van der Waals surface area contributed by atoms with Crippen LogP contribution in [0.2, 0.25) is 5.02 Å². The maximum atomic E-state index is 12.2. The molecule has 2 rings (SSSR count). The number of halogens is 1. The molecule has 1 amide bonds. The van der Waals surface area contributed by atoms with Crippen molar-refractivity contribution in [3.05, 3.63) is 27.5 Å². The van der Waals surface area contributed by atoms with Crippen molar-refractivity contribution in [2.75, 3.05) is 11.1 Å². The van der Waals surface area contributed by atoms with Crippen LogP contribution < -0.4 is 5.32 Å². The van der Waals surface area contributed by atoms with Gasteiger partial charge in [-0.25, -0.2) is 23.4 Å². The van der Waals surface area contributed by atoms with Gasteiger partial charge in [-0.2, -0.15) is 0 Å². The Hall–Kier alpha value is -1.58. The van der Waals surface area contributed by atoms with Crippen molar-refractivity contribution in [1.29, 1.82) is 0 Å². The van der Waals surface area contributed by atoms with Gasteiger partial charge >= 0.3 is 0 Å². The first-order valence-electron chi connectivity index (χ1n) is 6.25. The first kappa shape index (κ1) is 16.8. The third-order valence-corrected chi connectivity index (χ3v) is 5.62. The average molecular weight is 361 g/mol. The van der Waals surface area contributed by atoms with E-state index in [2.05, 4.69) is 20.3 Å². The Morgan fingerprint density at radius 1 is 1.36 bits per heavy atom. The lowest BCUT2D eigenvalue weighted by Crippen LogP contribution is -2.18. The highest BCUT2D eigenvalue weighted by atomic mass is 35.5. The van der Waals surface area contributed by atoms with Crippen LogP contribution in [0.15, 0.2) is 11.4 Å². The second-order valence-corrected chi connectivity index (χ2v) is 8.15. The van der Waals surface area contributed by atoms with Gasteiger partial charge in [0.15, 0.2) is 10.8 Å². The maximum Gasteiger partial charge on any atom is 0.277 e. The summed E-state index contributed by atoms with van der Waals surface area (Å²) < 4.78 is 23.6. The standard InChI is InChI=1S/C12H13ClN4O3S2/c1-4-22(19,20)12-14-5-8(13)9(16-12)10(18)17-11-15-6(2)7(3)21-11/h5H,4H2,1-3H3,(H,15,17,18). The molecule has 22 heavy (non-hydrogen) atoms. The molecule has 0 aliphatic rings. The van der Waals surface area contributed by atoms with Crippen molar-refractivity contribution in [2.45, 2.75) is 25.9 Å². The summed E-state index contributed by atoms with van der Waals surface area (Å²) in [7, 11) is -3.62. The first-order chi connectivity index (χ1) is 10.2. The molecule has 2 aromatic heterocycles. The van der Waals surface area contributed by atoms with Crippen LogP contribution in [0.1, 0.15) is 28.0 Å². The Kier molecular flexibility index (Phi) is 4.78. The lowest BCUT2D eigenvalue weighted by atomic mass is 10.4. The van der Waals surface area contributed by atoms with Crippen molar-refractivity contribution in [3.63, 3.8) is 0 Å². The number of aromatic nitrogens is 3. The molecule has 2 heterocycles. The van der Waals surface area contributed by atoms with Gasteiger partial charge in [0.2, 0.25) is 15.0 Å². The van der Waals surface area contributed by atoms with Gasteiger partial charge in [-0.1, -0.05) is 18.5 Å². The van der Waals surface area contributed by atoms with E-state index in [0.717, 1.165) is 16.8 Å². The summed E-state index contributed by atoms with van der Waals surface area (Å²) in [5, 5.41) is 2.50. The normalized spacial score (nSPS) is 11.5. The number of amides is 1.